The molecule has 4 aromatic rings. The van der Waals surface area contributed by atoms with E-state index in [9.17, 15) is 24.6 Å². The van der Waals surface area contributed by atoms with Gasteiger partial charge in [-0.2, -0.15) is 0 Å². The lowest BCUT2D eigenvalue weighted by Crippen LogP contribution is -2.49. The molecule has 7 rings (SSSR count). The number of ether oxygens (including phenoxy) is 2. The van der Waals surface area contributed by atoms with Crippen LogP contribution in [0.25, 0.3) is 0 Å². The van der Waals surface area contributed by atoms with Crippen LogP contribution in [0.15, 0.2) is 75.6 Å². The summed E-state index contributed by atoms with van der Waals surface area (Å²) in [6.45, 7) is 2.99. The Morgan fingerprint density at radius 1 is 1.10 bits per heavy atom. The van der Waals surface area contributed by atoms with Gasteiger partial charge in [0.25, 0.3) is 5.91 Å². The van der Waals surface area contributed by atoms with Gasteiger partial charge in [0, 0.05) is 28.6 Å². The number of aromatic nitrogens is 1. The van der Waals surface area contributed by atoms with Gasteiger partial charge in [-0.15, -0.1) is 0 Å². The van der Waals surface area contributed by atoms with Gasteiger partial charge >= 0.3 is 6.09 Å². The minimum atomic E-state index is -1.22. The van der Waals surface area contributed by atoms with Gasteiger partial charge in [0.2, 0.25) is 11.8 Å². The molecule has 3 aliphatic rings. The first-order chi connectivity index (χ1) is 24.1. The van der Waals surface area contributed by atoms with Crippen molar-refractivity contribution in [2.75, 3.05) is 18.5 Å². The van der Waals surface area contributed by atoms with E-state index in [1.165, 1.54) is 0 Å². The Balaban J connectivity index is 1.36. The van der Waals surface area contributed by atoms with Crippen molar-refractivity contribution in [2.45, 2.75) is 56.7 Å². The number of oxazole rings is 1. The molecule has 3 aliphatic heterocycles. The Morgan fingerprint density at radius 2 is 1.90 bits per heavy atom. The Labute approximate surface area is 295 Å². The van der Waals surface area contributed by atoms with Crippen LogP contribution in [0.4, 0.5) is 10.5 Å². The van der Waals surface area contributed by atoms with Gasteiger partial charge in [-0.05, 0) is 45.1 Å². The monoisotopic (exact) mass is 745 g/mol. The summed E-state index contributed by atoms with van der Waals surface area (Å²) < 4.78 is 19.4. The Hall–Kier alpha value is -4.92. The van der Waals surface area contributed by atoms with Crippen molar-refractivity contribution >= 4 is 39.5 Å². The molecule has 50 heavy (non-hydrogen) atoms. The fraction of sp³-hybridized carbons (Fsp3) is 0.333. The number of anilines is 1. The second kappa shape index (κ2) is 13.4. The normalized spacial score (nSPS) is 22.1. The number of aliphatic hydroxyl groups is 2. The first-order valence-electron chi connectivity index (χ1n) is 16.3. The van der Waals surface area contributed by atoms with Gasteiger partial charge in [0.1, 0.15) is 29.9 Å². The van der Waals surface area contributed by atoms with E-state index in [1.807, 2.05) is 74.5 Å². The number of hydrogen-bond donors (Lipinski definition) is 6. The van der Waals surface area contributed by atoms with Gasteiger partial charge in [-0.3, -0.25) is 9.59 Å². The number of benzene rings is 3. The topological polar surface area (TPSA) is 184 Å². The maximum Gasteiger partial charge on any atom is 0.408 e. The third-order valence-corrected chi connectivity index (χ3v) is 9.90. The van der Waals surface area contributed by atoms with Gasteiger partial charge in [-0.1, -0.05) is 68.4 Å². The highest BCUT2D eigenvalue weighted by Crippen LogP contribution is 2.59. The lowest BCUT2D eigenvalue weighted by atomic mass is 9.72. The minimum Gasteiger partial charge on any atom is -0.469 e. The van der Waals surface area contributed by atoms with Crippen molar-refractivity contribution in [2.24, 2.45) is 5.92 Å². The van der Waals surface area contributed by atoms with E-state index >= 15 is 0 Å². The van der Waals surface area contributed by atoms with Gasteiger partial charge in [0.05, 0.1) is 18.4 Å². The van der Waals surface area contributed by atoms with Crippen LogP contribution in [-0.4, -0.2) is 64.6 Å². The number of halogens is 1. The van der Waals surface area contributed by atoms with Crippen LogP contribution in [0.1, 0.15) is 64.3 Å². The van der Waals surface area contributed by atoms with Crippen LogP contribution in [0.3, 0.4) is 0 Å². The molecule has 3 unspecified atom stereocenters. The highest BCUT2D eigenvalue weighted by Gasteiger charge is 2.61. The number of carbonyl (C=O) groups excluding carboxylic acids is 3. The predicted octanol–water partition coefficient (Wildman–Crippen LogP) is 3.66. The van der Waals surface area contributed by atoms with Crippen LogP contribution in [0.2, 0.25) is 0 Å². The summed E-state index contributed by atoms with van der Waals surface area (Å²) in [7, 11) is 0. The SMILES string of the molecule is CC(C)[C@@H]1NC(=O)[C@@H](NC(=O)OCc2ccccc2)Cc2ccc3c(c2)C2(c4cccc(Br)c4NC2O3)c2oc1nc2C(=O)NCC(O)CO. The van der Waals surface area contributed by atoms with E-state index < -0.39 is 54.3 Å². The zero-order valence-corrected chi connectivity index (χ0v) is 28.8. The van der Waals surface area contributed by atoms with Crippen LogP contribution in [0.5, 0.6) is 5.75 Å². The number of rotatable bonds is 8. The molecular weight excluding hydrogens is 710 g/mol. The lowest BCUT2D eigenvalue weighted by Gasteiger charge is -2.28. The summed E-state index contributed by atoms with van der Waals surface area (Å²) in [5, 5.41) is 31.3. The number of nitrogens with zero attached hydrogens (tertiary/aromatic N) is 1. The minimum absolute atomic E-state index is 0.0248. The molecule has 4 bridgehead atoms. The Bertz CT molecular complexity index is 1950. The first-order valence-corrected chi connectivity index (χ1v) is 17.1. The molecule has 0 fully saturated rings. The smallest absolute Gasteiger partial charge is 0.408 e. The predicted molar refractivity (Wildman–Crippen MR) is 183 cm³/mol. The number of hydrogen-bond acceptors (Lipinski definition) is 10. The molecule has 13 nitrogen and oxygen atoms in total. The number of aliphatic hydroxyl groups excluding tert-OH is 2. The van der Waals surface area contributed by atoms with Crippen LogP contribution < -0.4 is 26.0 Å². The molecule has 260 valence electrons. The summed E-state index contributed by atoms with van der Waals surface area (Å²) >= 11 is 3.65. The number of alkyl carbamates (subject to hydrolysis) is 1. The quantitative estimate of drug-likeness (QED) is 0.156. The van der Waals surface area contributed by atoms with Gasteiger partial charge in [0.15, 0.2) is 17.7 Å². The number of nitrogens with one attached hydrogen (secondary N) is 4. The van der Waals surface area contributed by atoms with E-state index in [4.69, 9.17) is 18.9 Å². The third-order valence-electron chi connectivity index (χ3n) is 9.24. The Morgan fingerprint density at radius 3 is 2.66 bits per heavy atom. The molecule has 3 aromatic carbocycles. The number of amides is 3. The lowest BCUT2D eigenvalue weighted by molar-refractivity contribution is -0.124. The van der Waals surface area contributed by atoms with Crippen LogP contribution in [-0.2, 0) is 28.0 Å². The largest absolute Gasteiger partial charge is 0.469 e. The molecule has 5 atom stereocenters. The molecule has 0 aliphatic carbocycles. The standard InChI is InChI=1S/C36H36BrN5O8/c1-18(2)27-33-41-29(32(46)38-15-21(44)16-43)30(50-33)36-22-9-6-10-24(37)28(22)42-34(36)49-26-12-11-20(13-23(26)36)14-25(31(45)40-27)39-35(47)48-17-19-7-4-3-5-8-19/h3-13,18,21,25,27,34,42-44H,14-17H2,1-2H3,(H,38,46)(H,39,47)(H,40,45)/t21?,25-,27-,34?,36?/m0/s1. The Kier molecular flexibility index (Phi) is 9.01. The second-order valence-electron chi connectivity index (χ2n) is 12.9. The van der Waals surface area contributed by atoms with Crippen molar-refractivity contribution in [1.29, 1.82) is 0 Å². The highest BCUT2D eigenvalue weighted by molar-refractivity contribution is 9.10. The van der Waals surface area contributed by atoms with E-state index in [-0.39, 0.29) is 42.8 Å². The molecule has 0 saturated carbocycles. The van der Waals surface area contributed by atoms with E-state index in [2.05, 4.69) is 37.2 Å². The first kappa shape index (κ1) is 33.6. The maximum atomic E-state index is 14.0. The van der Waals surface area contributed by atoms with E-state index in [0.717, 1.165) is 21.3 Å². The average molecular weight is 747 g/mol. The number of carbonyl (C=O) groups is 3. The van der Waals surface area contributed by atoms with E-state index in [1.54, 1.807) is 6.07 Å². The molecule has 6 N–H and O–H groups in total. The highest BCUT2D eigenvalue weighted by atomic mass is 79.9. The summed E-state index contributed by atoms with van der Waals surface area (Å²) in [4.78, 5) is 45.7. The van der Waals surface area contributed by atoms with Gasteiger partial charge < -0.3 is 45.4 Å². The molecular formula is C36H36BrN5O8. The maximum absolute atomic E-state index is 14.0. The summed E-state index contributed by atoms with van der Waals surface area (Å²) in [5.74, 6) is -0.620. The summed E-state index contributed by atoms with van der Waals surface area (Å²) in [6, 6.07) is 18.6. The van der Waals surface area contributed by atoms with E-state index in [0.29, 0.717) is 16.9 Å². The fourth-order valence-corrected chi connectivity index (χ4v) is 7.24. The molecule has 14 heteroatoms. The second-order valence-corrected chi connectivity index (χ2v) is 13.8. The van der Waals surface area contributed by atoms with Gasteiger partial charge in [-0.25, -0.2) is 9.78 Å². The fourth-order valence-electron chi connectivity index (χ4n) is 6.76. The summed E-state index contributed by atoms with van der Waals surface area (Å²) in [6.07, 6.45) is -2.59. The van der Waals surface area contributed by atoms with Crippen molar-refractivity contribution in [3.63, 3.8) is 0 Å². The third kappa shape index (κ3) is 5.86. The number of fused-ring (bicyclic) bond motifs is 4. The zero-order valence-electron chi connectivity index (χ0n) is 27.2. The van der Waals surface area contributed by atoms with Crippen molar-refractivity contribution in [1.82, 2.24) is 20.9 Å². The molecule has 1 aromatic heterocycles. The summed E-state index contributed by atoms with van der Waals surface area (Å²) in [5.41, 5.74) is 2.40. The zero-order chi connectivity index (χ0) is 35.2. The van der Waals surface area contributed by atoms with Crippen molar-refractivity contribution in [3.05, 3.63) is 111 Å². The van der Waals surface area contributed by atoms with Crippen LogP contribution in [0, 0.1) is 5.92 Å². The molecule has 0 radical (unpaired) electrons. The van der Waals surface area contributed by atoms with Crippen LogP contribution >= 0.6 is 15.9 Å². The molecule has 4 heterocycles. The molecule has 3 amide bonds. The molecule has 1 spiro atoms. The van der Waals surface area contributed by atoms with Crippen molar-refractivity contribution < 1.29 is 38.5 Å². The average Bonchev–Trinajstić information content (AvgIpc) is 3.78. The number of para-hydroxylation sites is 1. The molecule has 0 saturated heterocycles. The van der Waals surface area contributed by atoms with Crippen molar-refractivity contribution in [3.8, 4) is 5.75 Å².